The molecule has 6 aliphatic carbocycles. The van der Waals surface area contributed by atoms with Crippen LogP contribution in [0.3, 0.4) is 0 Å². The predicted molar refractivity (Wildman–Crippen MR) is 193 cm³/mol. The quantitative estimate of drug-likeness (QED) is 0.0866. The van der Waals surface area contributed by atoms with E-state index in [0.29, 0.717) is 0 Å². The van der Waals surface area contributed by atoms with Crippen molar-refractivity contribution in [3.63, 3.8) is 0 Å². The second kappa shape index (κ2) is 17.6. The minimum absolute atomic E-state index is 0.838. The van der Waals surface area contributed by atoms with Crippen LogP contribution in [-0.4, -0.2) is 0 Å². The summed E-state index contributed by atoms with van der Waals surface area (Å²) in [6.45, 7) is 4.66. The molecule has 0 aromatic carbocycles. The topological polar surface area (TPSA) is 9.23 Å². The Labute approximate surface area is 280 Å². The summed E-state index contributed by atoms with van der Waals surface area (Å²) in [7, 11) is 0. The van der Waals surface area contributed by atoms with Gasteiger partial charge in [0.15, 0.2) is 0 Å². The Hall–Kier alpha value is -0.720. The number of hydrogen-bond acceptors (Lipinski definition) is 1. The van der Waals surface area contributed by atoms with Gasteiger partial charge in [0.25, 0.3) is 0 Å². The van der Waals surface area contributed by atoms with Gasteiger partial charge in [0.2, 0.25) is 0 Å². The maximum Gasteiger partial charge on any atom is 0.0896 e. The second-order valence-electron chi connectivity index (χ2n) is 17.5. The number of rotatable bonds is 22. The molecule has 6 fully saturated rings. The molecule has 0 aliphatic heterocycles. The van der Waals surface area contributed by atoms with Crippen LogP contribution in [-0.2, 0) is 4.74 Å². The van der Waals surface area contributed by atoms with E-state index in [0.717, 1.165) is 59.2 Å². The van der Waals surface area contributed by atoms with Crippen molar-refractivity contribution < 1.29 is 4.74 Å². The van der Waals surface area contributed by atoms with Gasteiger partial charge in [-0.15, -0.1) is 0 Å². The molecule has 0 saturated heterocycles. The molecule has 6 rings (SSSR count). The van der Waals surface area contributed by atoms with E-state index in [2.05, 4.69) is 26.4 Å². The van der Waals surface area contributed by atoms with Gasteiger partial charge in [-0.1, -0.05) is 117 Å². The molecule has 6 saturated carbocycles. The van der Waals surface area contributed by atoms with Crippen LogP contribution in [0.25, 0.3) is 0 Å². The fraction of sp³-hybridized carbons (Fsp3) is 0.909. The number of hydrogen-bond donors (Lipinski definition) is 0. The summed E-state index contributed by atoms with van der Waals surface area (Å²) in [5.74, 6) is 10.0. The normalized spacial score (nSPS) is 36.8. The van der Waals surface area contributed by atoms with Crippen LogP contribution in [0.4, 0.5) is 0 Å². The molecule has 10 unspecified atom stereocenters. The number of allylic oxidation sites excluding steroid dienone is 2. The van der Waals surface area contributed by atoms with Gasteiger partial charge in [-0.3, -0.25) is 0 Å². The third-order valence-electron chi connectivity index (χ3n) is 14.9. The molecule has 0 aromatic rings. The van der Waals surface area contributed by atoms with Gasteiger partial charge >= 0.3 is 0 Å². The van der Waals surface area contributed by atoms with Gasteiger partial charge in [0.1, 0.15) is 0 Å². The Morgan fingerprint density at radius 1 is 0.444 bits per heavy atom. The summed E-state index contributed by atoms with van der Waals surface area (Å²) in [5.41, 5.74) is 3.45. The van der Waals surface area contributed by atoms with E-state index < -0.39 is 0 Å². The average Bonchev–Trinajstić information content (AvgIpc) is 3.88. The Bertz CT molecular complexity index is 855. The van der Waals surface area contributed by atoms with Crippen molar-refractivity contribution in [1.29, 1.82) is 0 Å². The summed E-state index contributed by atoms with van der Waals surface area (Å²) in [6, 6.07) is 0. The van der Waals surface area contributed by atoms with Crippen molar-refractivity contribution in [1.82, 2.24) is 0 Å². The second-order valence-corrected chi connectivity index (χ2v) is 17.5. The number of unbranched alkanes of at least 4 members (excludes halogenated alkanes) is 14. The lowest BCUT2D eigenvalue weighted by molar-refractivity contribution is 0.200. The van der Waals surface area contributed by atoms with Gasteiger partial charge in [-0.2, -0.15) is 0 Å². The molecule has 6 aliphatic rings. The first-order valence-electron chi connectivity index (χ1n) is 21.3. The molecule has 0 spiro atoms. The van der Waals surface area contributed by atoms with E-state index in [1.807, 2.05) is 0 Å². The highest BCUT2D eigenvalue weighted by atomic mass is 16.5. The minimum Gasteiger partial charge on any atom is -0.473 e. The van der Waals surface area contributed by atoms with Gasteiger partial charge in [0, 0.05) is 0 Å². The van der Waals surface area contributed by atoms with Crippen LogP contribution < -0.4 is 0 Å². The smallest absolute Gasteiger partial charge is 0.0896 e. The first-order valence-corrected chi connectivity index (χ1v) is 21.3. The van der Waals surface area contributed by atoms with Crippen LogP contribution >= 0.6 is 0 Å². The molecule has 0 N–H and O–H groups in total. The monoisotopic (exact) mass is 619 g/mol. The van der Waals surface area contributed by atoms with Crippen molar-refractivity contribution in [3.8, 4) is 0 Å². The molecule has 10 atom stereocenters. The third-order valence-corrected chi connectivity index (χ3v) is 14.9. The summed E-state index contributed by atoms with van der Waals surface area (Å²) < 4.78 is 6.74. The van der Waals surface area contributed by atoms with Gasteiger partial charge < -0.3 is 4.74 Å². The molecule has 256 valence electrons. The standard InChI is InChI=1S/C44H74O/c1-3-5-7-9-11-13-15-17-21-33(41-27-35-29-43(41)39-25-19-23-37(35)39)31-45-32-34(22-18-16-14-12-10-8-6-4-2)42-28-36-30-44(42)40-26-20-24-38(36)40/h31-32,35-44H,3-30H2,1-2H3. The van der Waals surface area contributed by atoms with Crippen LogP contribution in [0, 0.1) is 59.2 Å². The Morgan fingerprint density at radius 2 is 0.822 bits per heavy atom. The minimum atomic E-state index is 0.838. The molecule has 1 nitrogen and oxygen atoms in total. The van der Waals surface area contributed by atoms with Crippen molar-refractivity contribution >= 4 is 0 Å². The van der Waals surface area contributed by atoms with E-state index >= 15 is 0 Å². The van der Waals surface area contributed by atoms with Crippen LogP contribution in [0.15, 0.2) is 23.7 Å². The maximum atomic E-state index is 6.74. The lowest BCUT2D eigenvalue weighted by atomic mass is 9.72. The van der Waals surface area contributed by atoms with Crippen molar-refractivity contribution in [2.75, 3.05) is 0 Å². The zero-order valence-corrected chi connectivity index (χ0v) is 30.1. The van der Waals surface area contributed by atoms with E-state index in [-0.39, 0.29) is 0 Å². The van der Waals surface area contributed by atoms with Crippen molar-refractivity contribution in [2.45, 2.75) is 194 Å². The molecule has 1 heteroatoms. The lowest BCUT2D eigenvalue weighted by Gasteiger charge is -2.33. The molecule has 4 bridgehead atoms. The summed E-state index contributed by atoms with van der Waals surface area (Å²) in [4.78, 5) is 0. The highest BCUT2D eigenvalue weighted by Gasteiger charge is 2.55. The summed E-state index contributed by atoms with van der Waals surface area (Å²) in [5, 5.41) is 0. The van der Waals surface area contributed by atoms with Crippen molar-refractivity contribution in [3.05, 3.63) is 23.7 Å². The van der Waals surface area contributed by atoms with Gasteiger partial charge in [-0.25, -0.2) is 0 Å². The average molecular weight is 619 g/mol. The predicted octanol–water partition coefficient (Wildman–Crippen LogP) is 14.0. The highest BCUT2D eigenvalue weighted by molar-refractivity contribution is 5.18. The molecular formula is C44H74O. The Morgan fingerprint density at radius 3 is 1.24 bits per heavy atom. The van der Waals surface area contributed by atoms with Crippen LogP contribution in [0.2, 0.25) is 0 Å². The Balaban J connectivity index is 1.07. The number of ether oxygens (including phenoxy) is 1. The van der Waals surface area contributed by atoms with Crippen LogP contribution in [0.1, 0.15) is 194 Å². The first-order chi connectivity index (χ1) is 22.3. The summed E-state index contributed by atoms with van der Waals surface area (Å²) in [6.07, 6.45) is 45.3. The molecular weight excluding hydrogens is 544 g/mol. The molecule has 45 heavy (non-hydrogen) atoms. The fourth-order valence-electron chi connectivity index (χ4n) is 12.8. The van der Waals surface area contributed by atoms with E-state index in [9.17, 15) is 0 Å². The zero-order valence-electron chi connectivity index (χ0n) is 30.1. The highest BCUT2D eigenvalue weighted by Crippen LogP contribution is 2.64. The van der Waals surface area contributed by atoms with Gasteiger partial charge in [-0.05, 0) is 147 Å². The fourth-order valence-corrected chi connectivity index (χ4v) is 12.8. The Kier molecular flexibility index (Phi) is 13.4. The molecule has 0 radical (unpaired) electrons. The first kappa shape index (κ1) is 34.2. The van der Waals surface area contributed by atoms with E-state index in [1.165, 1.54) is 154 Å². The zero-order chi connectivity index (χ0) is 30.8. The third kappa shape index (κ3) is 8.48. The maximum absolute atomic E-state index is 6.74. The SMILES string of the molecule is CCCCCCCCCCC(=COC=C(CCCCCCCCCC)C1CC2CC1C1CCCC21)C1CC2CC1C1CCCC21. The van der Waals surface area contributed by atoms with E-state index in [4.69, 9.17) is 4.74 Å². The van der Waals surface area contributed by atoms with Crippen LogP contribution in [0.5, 0.6) is 0 Å². The summed E-state index contributed by atoms with van der Waals surface area (Å²) >= 11 is 0. The van der Waals surface area contributed by atoms with Crippen molar-refractivity contribution in [2.24, 2.45) is 59.2 Å². The van der Waals surface area contributed by atoms with Gasteiger partial charge in [0.05, 0.1) is 12.5 Å². The molecule has 0 heterocycles. The number of fused-ring (bicyclic) bond motifs is 10. The largest absolute Gasteiger partial charge is 0.473 e. The lowest BCUT2D eigenvalue weighted by Crippen LogP contribution is -2.26. The molecule has 0 amide bonds. The van der Waals surface area contributed by atoms with E-state index in [1.54, 1.807) is 36.8 Å². The molecule has 0 aromatic heterocycles.